The fourth-order valence-corrected chi connectivity index (χ4v) is 8.12. The molecule has 3 aromatic heterocycles. The lowest BCUT2D eigenvalue weighted by Gasteiger charge is -2.36. The van der Waals surface area contributed by atoms with Crippen molar-refractivity contribution in [3.63, 3.8) is 0 Å². The summed E-state index contributed by atoms with van der Waals surface area (Å²) in [7, 11) is -1.06. The molecule has 1 aromatic carbocycles. The number of aromatic nitrogens is 2. The van der Waals surface area contributed by atoms with Crippen molar-refractivity contribution >= 4 is 65.9 Å². The first-order valence-electron chi connectivity index (χ1n) is 9.81. The van der Waals surface area contributed by atoms with Crippen molar-refractivity contribution in [2.75, 3.05) is 12.8 Å². The van der Waals surface area contributed by atoms with Crippen LogP contribution in [0.2, 0.25) is 5.02 Å². The van der Waals surface area contributed by atoms with Crippen molar-refractivity contribution < 1.29 is 8.60 Å². The summed E-state index contributed by atoms with van der Waals surface area (Å²) in [6.07, 6.45) is 3.31. The van der Waals surface area contributed by atoms with Gasteiger partial charge < -0.3 is 5.73 Å². The van der Waals surface area contributed by atoms with E-state index in [4.69, 9.17) is 17.3 Å². The van der Waals surface area contributed by atoms with Gasteiger partial charge in [0.05, 0.1) is 46.1 Å². The molecule has 11 heteroatoms. The first-order chi connectivity index (χ1) is 15.6. The van der Waals surface area contributed by atoms with E-state index in [2.05, 4.69) is 20.8 Å². The zero-order chi connectivity index (χ0) is 23.5. The molecule has 2 N–H and O–H groups in total. The molecule has 0 saturated heterocycles. The van der Waals surface area contributed by atoms with Crippen molar-refractivity contribution in [2.24, 2.45) is 10.7 Å². The molecule has 0 radical (unpaired) electrons. The van der Waals surface area contributed by atoms with Crippen molar-refractivity contribution in [3.8, 4) is 21.7 Å². The predicted molar refractivity (Wildman–Crippen MR) is 138 cm³/mol. The number of hydrogen-bond acceptors (Lipinski definition) is 7. The zero-order valence-electron chi connectivity index (χ0n) is 17.7. The second-order valence-electron chi connectivity index (χ2n) is 8.00. The zero-order valence-corrected chi connectivity index (χ0v) is 20.9. The quantitative estimate of drug-likeness (QED) is 0.387. The second kappa shape index (κ2) is 7.76. The minimum Gasteiger partial charge on any atom is -0.369 e. The molecule has 5 rings (SSSR count). The van der Waals surface area contributed by atoms with E-state index in [1.807, 2.05) is 13.0 Å². The monoisotopic (exact) mass is 519 g/mol. The van der Waals surface area contributed by atoms with Crippen LogP contribution in [0.4, 0.5) is 4.39 Å². The van der Waals surface area contributed by atoms with Crippen molar-refractivity contribution in [1.29, 1.82) is 0 Å². The number of benzene rings is 1. The number of halogens is 2. The Bertz CT molecular complexity index is 1530. The smallest absolute Gasteiger partial charge is 0.203 e. The Morgan fingerprint density at radius 2 is 2.15 bits per heavy atom. The minimum absolute atomic E-state index is 0.139. The molecule has 0 aliphatic carbocycles. The van der Waals surface area contributed by atoms with Crippen LogP contribution in [0.3, 0.4) is 0 Å². The Labute approximate surface area is 203 Å². The number of aliphatic imine (C=N–C) groups is 1. The normalized spacial score (nSPS) is 23.2. The lowest BCUT2D eigenvalue weighted by atomic mass is 10.0. The molecule has 4 heterocycles. The lowest BCUT2D eigenvalue weighted by molar-refractivity contribution is 0.522. The Balaban J connectivity index is 1.67. The van der Waals surface area contributed by atoms with E-state index in [0.29, 0.717) is 21.2 Å². The van der Waals surface area contributed by atoms with Gasteiger partial charge in [0.1, 0.15) is 11.4 Å². The second-order valence-corrected chi connectivity index (χ2v) is 12.7. The number of guanidine groups is 1. The maximum atomic E-state index is 15.2. The summed E-state index contributed by atoms with van der Waals surface area (Å²) < 4.78 is 30.4. The van der Waals surface area contributed by atoms with Crippen LogP contribution in [-0.2, 0) is 15.2 Å². The Morgan fingerprint density at radius 1 is 1.36 bits per heavy atom. The van der Waals surface area contributed by atoms with Gasteiger partial charge in [-0.15, -0.1) is 22.7 Å². The van der Waals surface area contributed by atoms with Crippen LogP contribution in [0, 0.1) is 5.82 Å². The van der Waals surface area contributed by atoms with Crippen LogP contribution < -0.4 is 5.73 Å². The number of rotatable bonds is 3. The van der Waals surface area contributed by atoms with Gasteiger partial charge in [0.15, 0.2) is 0 Å². The number of nitrogens with two attached hydrogens (primary N) is 1. The molecule has 2 atom stereocenters. The van der Waals surface area contributed by atoms with Crippen LogP contribution in [0.5, 0.6) is 0 Å². The Morgan fingerprint density at radius 3 is 2.82 bits per heavy atom. The number of hydrogen-bond donors (Lipinski definition) is 1. The number of nitrogens with zero attached hydrogens (tertiary/aromatic N) is 4. The molecule has 0 fully saturated rings. The molecule has 6 nitrogen and oxygen atoms in total. The van der Waals surface area contributed by atoms with E-state index in [0.717, 1.165) is 20.5 Å². The highest BCUT2D eigenvalue weighted by Crippen LogP contribution is 2.47. The third-order valence-electron chi connectivity index (χ3n) is 5.66. The fraction of sp³-hybridized carbons (Fsp3) is 0.182. The van der Waals surface area contributed by atoms with Gasteiger partial charge in [0.2, 0.25) is 5.96 Å². The fourth-order valence-electron chi connectivity index (χ4n) is 3.93. The summed E-state index contributed by atoms with van der Waals surface area (Å²) in [5.41, 5.74) is 8.45. The predicted octanol–water partition coefficient (Wildman–Crippen LogP) is 4.99. The van der Waals surface area contributed by atoms with E-state index in [1.165, 1.54) is 33.0 Å². The van der Waals surface area contributed by atoms with Crippen LogP contribution >= 0.6 is 34.3 Å². The first-order valence-corrected chi connectivity index (χ1v) is 13.7. The van der Waals surface area contributed by atoms with Crippen LogP contribution in [0.25, 0.3) is 31.8 Å². The van der Waals surface area contributed by atoms with Crippen molar-refractivity contribution in [3.05, 3.63) is 57.9 Å². The number of thiazole rings is 1. The minimum atomic E-state index is -2.67. The molecule has 1 unspecified atom stereocenters. The summed E-state index contributed by atoms with van der Waals surface area (Å²) in [6.45, 7) is 1.84. The average Bonchev–Trinajstić information content (AvgIpc) is 3.41. The largest absolute Gasteiger partial charge is 0.369 e. The summed E-state index contributed by atoms with van der Waals surface area (Å²) in [4.78, 5) is 14.7. The van der Waals surface area contributed by atoms with E-state index in [1.54, 1.807) is 37.1 Å². The molecular formula is C22H19ClFN5OS3. The van der Waals surface area contributed by atoms with Crippen LogP contribution in [0.1, 0.15) is 11.8 Å². The van der Waals surface area contributed by atoms with Gasteiger partial charge >= 0.3 is 0 Å². The SMILES string of the molecule is C=S1(=O)C[C@@](C)(c2sc3c(-c4ccc(-c5cncs5)cc4F)nccc3c2Cl)N=C(N)N1C. The molecule has 0 amide bonds. The molecule has 0 saturated carbocycles. The summed E-state index contributed by atoms with van der Waals surface area (Å²) >= 11 is 9.60. The summed E-state index contributed by atoms with van der Waals surface area (Å²) in [6, 6.07) is 6.84. The molecule has 170 valence electrons. The summed E-state index contributed by atoms with van der Waals surface area (Å²) in [5, 5.41) is 1.20. The molecular weight excluding hydrogens is 501 g/mol. The van der Waals surface area contributed by atoms with Gasteiger partial charge in [-0.2, -0.15) is 0 Å². The van der Waals surface area contributed by atoms with Gasteiger partial charge in [0, 0.05) is 30.4 Å². The van der Waals surface area contributed by atoms with Gasteiger partial charge in [0.25, 0.3) is 0 Å². The lowest BCUT2D eigenvalue weighted by Crippen LogP contribution is -2.50. The van der Waals surface area contributed by atoms with E-state index in [-0.39, 0.29) is 17.5 Å². The maximum absolute atomic E-state index is 15.2. The van der Waals surface area contributed by atoms with E-state index in [9.17, 15) is 4.21 Å². The van der Waals surface area contributed by atoms with Crippen molar-refractivity contribution in [1.82, 2.24) is 14.3 Å². The van der Waals surface area contributed by atoms with Crippen LogP contribution in [0.15, 0.2) is 47.2 Å². The third-order valence-corrected chi connectivity index (χ3v) is 10.7. The molecule has 1 aliphatic rings. The van der Waals surface area contributed by atoms with Gasteiger partial charge in [-0.1, -0.05) is 17.7 Å². The average molecular weight is 520 g/mol. The van der Waals surface area contributed by atoms with E-state index >= 15 is 4.39 Å². The molecule has 0 bridgehead atoms. The Kier molecular flexibility index (Phi) is 5.24. The van der Waals surface area contributed by atoms with Gasteiger partial charge in [-0.05, 0) is 36.6 Å². The van der Waals surface area contributed by atoms with Crippen LogP contribution in [-0.4, -0.2) is 43.1 Å². The highest BCUT2D eigenvalue weighted by atomic mass is 35.5. The maximum Gasteiger partial charge on any atom is 0.203 e. The number of pyridine rings is 1. The van der Waals surface area contributed by atoms with Crippen molar-refractivity contribution in [2.45, 2.75) is 12.5 Å². The molecule has 4 aromatic rings. The summed E-state index contributed by atoms with van der Waals surface area (Å²) in [5.74, 6) is 3.77. The molecule has 33 heavy (non-hydrogen) atoms. The Hall–Kier alpha value is -2.53. The first kappa shape index (κ1) is 22.3. The van der Waals surface area contributed by atoms with Gasteiger partial charge in [-0.3, -0.25) is 14.3 Å². The van der Waals surface area contributed by atoms with E-state index < -0.39 is 15.2 Å². The number of fused-ring (bicyclic) bond motifs is 1. The highest BCUT2D eigenvalue weighted by molar-refractivity contribution is 7.98. The highest BCUT2D eigenvalue weighted by Gasteiger charge is 2.40. The molecule has 0 spiro atoms. The number of thiophene rings is 1. The molecule has 1 aliphatic heterocycles. The topological polar surface area (TPSA) is 84.5 Å². The standard InChI is InChI=1S/C22H19ClFN5OS3/c1-22(10-33(3,30)29(2)21(25)28-22)20-17(23)14-6-7-27-18(19(14)32-20)13-5-4-12(8-15(13)24)16-9-26-11-31-16/h4-9,11H,3,10H2,1-2H3,(H2,25,28)/t22-,33?/m0/s1. The third kappa shape index (κ3) is 3.61. The van der Waals surface area contributed by atoms with Gasteiger partial charge in [-0.25, -0.2) is 13.6 Å².